The summed E-state index contributed by atoms with van der Waals surface area (Å²) in [5, 5.41) is 0. The van der Waals surface area contributed by atoms with Crippen molar-refractivity contribution in [3.63, 3.8) is 0 Å². The van der Waals surface area contributed by atoms with E-state index in [1.165, 1.54) is 33.4 Å². The molecule has 0 aromatic heterocycles. The SMILES string of the molecule is CC1=C\C=C\C(c2cccc(-c3ccc(C)cc3)c2)=C/C/C=C\1. The molecule has 0 amide bonds. The highest BCUT2D eigenvalue weighted by Crippen LogP contribution is 2.25. The molecule has 0 aliphatic heterocycles. The zero-order valence-corrected chi connectivity index (χ0v) is 13.8. The van der Waals surface area contributed by atoms with Gasteiger partial charge in [-0.15, -0.1) is 0 Å². The Morgan fingerprint density at radius 3 is 2.39 bits per heavy atom. The van der Waals surface area contributed by atoms with Crippen LogP contribution in [-0.2, 0) is 0 Å². The minimum atomic E-state index is 0.958. The normalized spacial score (nSPS) is 21.8. The molecular weight excluding hydrogens is 276 g/mol. The minimum absolute atomic E-state index is 0.958. The molecule has 0 saturated carbocycles. The van der Waals surface area contributed by atoms with Gasteiger partial charge in [-0.1, -0.05) is 90.1 Å². The van der Waals surface area contributed by atoms with Crippen molar-refractivity contribution < 1.29 is 0 Å². The first-order chi connectivity index (χ1) is 11.2. The summed E-state index contributed by atoms with van der Waals surface area (Å²) < 4.78 is 0. The molecule has 0 saturated heterocycles. The summed E-state index contributed by atoms with van der Waals surface area (Å²) in [6, 6.07) is 17.5. The molecule has 0 radical (unpaired) electrons. The van der Waals surface area contributed by atoms with Gasteiger partial charge in [-0.25, -0.2) is 0 Å². The average Bonchev–Trinajstić information content (AvgIpc) is 2.68. The van der Waals surface area contributed by atoms with Crippen LogP contribution in [0, 0.1) is 6.92 Å². The molecule has 0 unspecified atom stereocenters. The first-order valence-electron chi connectivity index (χ1n) is 8.11. The Morgan fingerprint density at radius 2 is 1.57 bits per heavy atom. The summed E-state index contributed by atoms with van der Waals surface area (Å²) in [6.45, 7) is 4.25. The van der Waals surface area contributed by atoms with Crippen LogP contribution in [0.1, 0.15) is 24.5 Å². The smallest absolute Gasteiger partial charge is 0.0157 e. The van der Waals surface area contributed by atoms with E-state index < -0.39 is 0 Å². The third kappa shape index (κ3) is 3.98. The maximum Gasteiger partial charge on any atom is -0.0157 e. The lowest BCUT2D eigenvalue weighted by Crippen LogP contribution is -1.84. The van der Waals surface area contributed by atoms with Crippen molar-refractivity contribution in [1.29, 1.82) is 0 Å². The quantitative estimate of drug-likeness (QED) is 0.593. The molecule has 0 spiro atoms. The van der Waals surface area contributed by atoms with E-state index in [2.05, 4.69) is 98.8 Å². The summed E-state index contributed by atoms with van der Waals surface area (Å²) in [4.78, 5) is 0. The lowest BCUT2D eigenvalue weighted by molar-refractivity contribution is 1.37. The molecule has 0 fully saturated rings. The zero-order valence-electron chi connectivity index (χ0n) is 13.8. The first-order valence-corrected chi connectivity index (χ1v) is 8.11. The topological polar surface area (TPSA) is 0 Å². The van der Waals surface area contributed by atoms with Crippen molar-refractivity contribution in [1.82, 2.24) is 0 Å². The summed E-state index contributed by atoms with van der Waals surface area (Å²) in [6.07, 6.45) is 14.1. The fourth-order valence-electron chi connectivity index (χ4n) is 2.71. The molecule has 114 valence electrons. The Bertz CT molecular complexity index is 796. The highest BCUT2D eigenvalue weighted by molar-refractivity contribution is 5.78. The zero-order chi connectivity index (χ0) is 16.1. The third-order valence-corrected chi connectivity index (χ3v) is 4.07. The van der Waals surface area contributed by atoms with E-state index >= 15 is 0 Å². The molecular formula is C23H22. The van der Waals surface area contributed by atoms with Crippen molar-refractivity contribution in [2.75, 3.05) is 0 Å². The largest absolute Gasteiger partial charge is 0.0805 e. The highest BCUT2D eigenvalue weighted by atomic mass is 14.1. The fourth-order valence-corrected chi connectivity index (χ4v) is 2.71. The number of aryl methyl sites for hydroxylation is 1. The fraction of sp³-hybridized carbons (Fsp3) is 0.130. The van der Waals surface area contributed by atoms with Crippen molar-refractivity contribution in [3.05, 3.63) is 102 Å². The van der Waals surface area contributed by atoms with Gasteiger partial charge >= 0.3 is 0 Å². The van der Waals surface area contributed by atoms with Gasteiger partial charge in [0.2, 0.25) is 0 Å². The maximum absolute atomic E-state index is 2.29. The van der Waals surface area contributed by atoms with E-state index in [4.69, 9.17) is 0 Å². The summed E-state index contributed by atoms with van der Waals surface area (Å²) in [5.41, 5.74) is 7.64. The maximum atomic E-state index is 2.29. The molecule has 2 aromatic carbocycles. The van der Waals surface area contributed by atoms with E-state index in [1.807, 2.05) is 0 Å². The van der Waals surface area contributed by atoms with Crippen LogP contribution >= 0.6 is 0 Å². The van der Waals surface area contributed by atoms with Gasteiger partial charge in [-0.3, -0.25) is 0 Å². The molecule has 1 aliphatic rings. The molecule has 0 nitrogen and oxygen atoms in total. The van der Waals surface area contributed by atoms with Crippen LogP contribution in [0.3, 0.4) is 0 Å². The van der Waals surface area contributed by atoms with E-state index in [9.17, 15) is 0 Å². The lowest BCUT2D eigenvalue weighted by atomic mass is 9.97. The van der Waals surface area contributed by atoms with Gasteiger partial charge in [0.25, 0.3) is 0 Å². The predicted octanol–water partition coefficient (Wildman–Crippen LogP) is 6.51. The molecule has 0 heterocycles. The second kappa shape index (κ2) is 7.11. The number of benzene rings is 2. The minimum Gasteiger partial charge on any atom is -0.0805 e. The van der Waals surface area contributed by atoms with E-state index in [-0.39, 0.29) is 0 Å². The Hall–Kier alpha value is -2.60. The number of hydrogen-bond donors (Lipinski definition) is 0. The second-order valence-electron chi connectivity index (χ2n) is 6.01. The van der Waals surface area contributed by atoms with E-state index in [0.29, 0.717) is 0 Å². The Morgan fingerprint density at radius 1 is 0.783 bits per heavy atom. The van der Waals surface area contributed by atoms with Gasteiger partial charge in [-0.2, -0.15) is 0 Å². The van der Waals surface area contributed by atoms with Crippen molar-refractivity contribution in [3.8, 4) is 11.1 Å². The Balaban J connectivity index is 1.96. The molecule has 3 rings (SSSR count). The van der Waals surface area contributed by atoms with Crippen molar-refractivity contribution in [2.45, 2.75) is 20.3 Å². The van der Waals surface area contributed by atoms with E-state index in [1.54, 1.807) is 0 Å². The Labute approximate surface area is 139 Å². The number of allylic oxidation sites excluding steroid dienone is 8. The average molecular weight is 298 g/mol. The number of rotatable bonds is 2. The third-order valence-electron chi connectivity index (χ3n) is 4.07. The number of hydrogen-bond acceptors (Lipinski definition) is 0. The van der Waals surface area contributed by atoms with Crippen LogP contribution in [-0.4, -0.2) is 0 Å². The van der Waals surface area contributed by atoms with Gasteiger partial charge in [0.05, 0.1) is 0 Å². The monoisotopic (exact) mass is 298 g/mol. The molecule has 0 heteroatoms. The van der Waals surface area contributed by atoms with Crippen LogP contribution in [0.4, 0.5) is 0 Å². The standard InChI is InChI=1S/C23H22/c1-18-7-3-4-9-20(10-5-8-18)22-11-6-12-23(17-22)21-15-13-19(2)14-16-21/h3,5-17H,4H2,1-2H3/b7-3-,10-5+,18-8+,20-9+. The van der Waals surface area contributed by atoms with Crippen LogP contribution < -0.4 is 0 Å². The van der Waals surface area contributed by atoms with Crippen molar-refractivity contribution in [2.24, 2.45) is 0 Å². The molecule has 0 atom stereocenters. The van der Waals surface area contributed by atoms with E-state index in [0.717, 1.165) is 6.42 Å². The predicted molar refractivity (Wildman–Crippen MR) is 101 cm³/mol. The van der Waals surface area contributed by atoms with Crippen LogP contribution in [0.15, 0.2) is 90.6 Å². The molecule has 1 aliphatic carbocycles. The van der Waals surface area contributed by atoms with Crippen molar-refractivity contribution >= 4 is 5.57 Å². The summed E-state index contributed by atoms with van der Waals surface area (Å²) in [5.74, 6) is 0. The summed E-state index contributed by atoms with van der Waals surface area (Å²) >= 11 is 0. The lowest BCUT2D eigenvalue weighted by Gasteiger charge is -2.07. The molecule has 0 bridgehead atoms. The molecule has 2 aromatic rings. The van der Waals surface area contributed by atoms with Gasteiger partial charge < -0.3 is 0 Å². The first kappa shape index (κ1) is 15.3. The highest BCUT2D eigenvalue weighted by Gasteiger charge is 2.02. The van der Waals surface area contributed by atoms with Gasteiger partial charge in [-0.05, 0) is 48.6 Å². The molecule has 23 heavy (non-hydrogen) atoms. The second-order valence-corrected chi connectivity index (χ2v) is 6.01. The van der Waals surface area contributed by atoms with Gasteiger partial charge in [0.1, 0.15) is 0 Å². The Kier molecular flexibility index (Phi) is 4.73. The summed E-state index contributed by atoms with van der Waals surface area (Å²) in [7, 11) is 0. The van der Waals surface area contributed by atoms with Crippen LogP contribution in [0.2, 0.25) is 0 Å². The van der Waals surface area contributed by atoms with Gasteiger partial charge in [0, 0.05) is 0 Å². The van der Waals surface area contributed by atoms with Crippen LogP contribution in [0.5, 0.6) is 0 Å². The molecule has 0 N–H and O–H groups in total. The van der Waals surface area contributed by atoms with Gasteiger partial charge in [0.15, 0.2) is 0 Å². The van der Waals surface area contributed by atoms with Crippen LogP contribution in [0.25, 0.3) is 16.7 Å².